The second-order valence-corrected chi connectivity index (χ2v) is 9.27. The molecule has 8 heteroatoms. The van der Waals surface area contributed by atoms with Gasteiger partial charge in [0.05, 0.1) is 6.54 Å². The maximum Gasteiger partial charge on any atom is 0.344 e. The van der Waals surface area contributed by atoms with Gasteiger partial charge in [-0.2, -0.15) is 0 Å². The molecule has 0 aliphatic carbocycles. The largest absolute Gasteiger partial charge is 0.479 e. The molecule has 0 radical (unpaired) electrons. The van der Waals surface area contributed by atoms with Crippen molar-refractivity contribution < 1.29 is 23.8 Å². The van der Waals surface area contributed by atoms with Crippen LogP contribution in [-0.4, -0.2) is 46.1 Å². The van der Waals surface area contributed by atoms with Gasteiger partial charge in [-0.15, -0.1) is 9.24 Å². The van der Waals surface area contributed by atoms with E-state index >= 15 is 0 Å². The maximum absolute atomic E-state index is 13.8. The zero-order chi connectivity index (χ0) is 26.7. The molecule has 1 aliphatic rings. The number of carbonyl (C=O) groups excluding carboxylic acids is 1. The zero-order valence-corrected chi connectivity index (χ0v) is 22.8. The van der Waals surface area contributed by atoms with E-state index in [1.165, 1.54) is 24.6 Å². The van der Waals surface area contributed by atoms with Crippen LogP contribution in [0.5, 0.6) is 5.75 Å². The number of hydrogen-bond donors (Lipinski definition) is 1. The summed E-state index contributed by atoms with van der Waals surface area (Å²) >= 11 is 0. The first-order chi connectivity index (χ1) is 17.2. The van der Waals surface area contributed by atoms with Crippen LogP contribution < -0.4 is 10.0 Å². The van der Waals surface area contributed by atoms with E-state index in [-0.39, 0.29) is 11.8 Å². The van der Waals surface area contributed by atoms with Gasteiger partial charge in [-0.25, -0.2) is 14.0 Å². The number of nitrogens with zero attached hydrogens (tertiary/aromatic N) is 2. The number of aliphatic carboxylic acids is 1. The third-order valence-corrected chi connectivity index (χ3v) is 5.96. The van der Waals surface area contributed by atoms with Crippen molar-refractivity contribution in [2.24, 2.45) is 0 Å². The van der Waals surface area contributed by atoms with Crippen molar-refractivity contribution in [2.45, 2.75) is 66.0 Å². The molecule has 1 N–H and O–H groups in total. The summed E-state index contributed by atoms with van der Waals surface area (Å²) in [5, 5.41) is 9.71. The maximum atomic E-state index is 13.8. The number of rotatable bonds is 11. The average Bonchev–Trinajstić information content (AvgIpc) is 2.83. The first-order valence-electron chi connectivity index (χ1n) is 12.5. The smallest absolute Gasteiger partial charge is 0.344 e. The van der Waals surface area contributed by atoms with Gasteiger partial charge in [-0.1, -0.05) is 32.9 Å². The Morgan fingerprint density at radius 1 is 1.14 bits per heavy atom. The van der Waals surface area contributed by atoms with Crippen molar-refractivity contribution in [3.05, 3.63) is 71.2 Å². The van der Waals surface area contributed by atoms with E-state index in [0.717, 1.165) is 42.1 Å². The molecule has 0 bridgehead atoms. The van der Waals surface area contributed by atoms with Gasteiger partial charge >= 0.3 is 12.0 Å². The highest BCUT2D eigenvalue weighted by Crippen LogP contribution is 2.22. The first kappa shape index (κ1) is 29.3. The second kappa shape index (κ2) is 14.6. The summed E-state index contributed by atoms with van der Waals surface area (Å²) in [6.07, 6.45) is 4.51. The lowest BCUT2D eigenvalue weighted by Crippen LogP contribution is -2.45. The predicted octanol–water partition coefficient (Wildman–Crippen LogP) is 5.76. The molecule has 2 aromatic carbocycles. The van der Waals surface area contributed by atoms with E-state index in [9.17, 15) is 14.0 Å². The number of halogens is 1. The van der Waals surface area contributed by atoms with Crippen molar-refractivity contribution in [3.63, 3.8) is 0 Å². The molecule has 1 heterocycles. The van der Waals surface area contributed by atoms with Gasteiger partial charge in [0, 0.05) is 19.3 Å². The van der Waals surface area contributed by atoms with Crippen LogP contribution in [-0.2, 0) is 17.8 Å². The van der Waals surface area contributed by atoms with Crippen molar-refractivity contribution in [3.8, 4) is 5.75 Å². The number of urea groups is 1. The molecule has 2 atom stereocenters. The summed E-state index contributed by atoms with van der Waals surface area (Å²) in [6, 6.07) is 12.2. The fraction of sp³-hybridized carbons (Fsp3) is 0.429. The molecule has 2 amide bonds. The van der Waals surface area contributed by atoms with E-state index in [1.807, 2.05) is 50.1 Å². The van der Waals surface area contributed by atoms with Gasteiger partial charge in [0.2, 0.25) is 0 Å². The van der Waals surface area contributed by atoms with E-state index in [2.05, 4.69) is 9.24 Å². The molecule has 6 nitrogen and oxygen atoms in total. The molecule has 0 spiro atoms. The number of hydrogen-bond acceptors (Lipinski definition) is 3. The van der Waals surface area contributed by atoms with Crippen molar-refractivity contribution >= 4 is 26.5 Å². The Bertz CT molecular complexity index is 1020. The monoisotopic (exact) mass is 516 g/mol. The van der Waals surface area contributed by atoms with E-state index < -0.39 is 12.1 Å². The highest BCUT2D eigenvalue weighted by atomic mass is 31.0. The van der Waals surface area contributed by atoms with Crippen molar-refractivity contribution in [1.29, 1.82) is 0 Å². The standard InChI is InChI=1S/C26H32FN2O4P.C2H6/c1-3-11-28-15-20(16-29(26(28)32)17-21-12-22(27)14-24(34)13-21)6-4-5-19-7-9-23(10-8-19)33-18(2)25(30)31;1-2/h7-10,12-14,16,18H,3-6,11,15,17,34H2,1-2H3,(H,30,31);1-2H3. The molecule has 196 valence electrons. The van der Waals surface area contributed by atoms with Crippen molar-refractivity contribution in [1.82, 2.24) is 9.80 Å². The van der Waals surface area contributed by atoms with Crippen LogP contribution in [0.1, 0.15) is 58.1 Å². The Kier molecular flexibility index (Phi) is 11.9. The molecule has 0 saturated heterocycles. The fourth-order valence-electron chi connectivity index (χ4n) is 3.98. The first-order valence-corrected chi connectivity index (χ1v) is 13.1. The van der Waals surface area contributed by atoms with Crippen LogP contribution >= 0.6 is 9.24 Å². The Hall–Kier alpha value is -2.92. The Morgan fingerprint density at radius 2 is 1.83 bits per heavy atom. The van der Waals surface area contributed by atoms with Crippen LogP contribution in [0.15, 0.2) is 54.2 Å². The Morgan fingerprint density at radius 3 is 2.44 bits per heavy atom. The lowest BCUT2D eigenvalue weighted by molar-refractivity contribution is -0.144. The van der Waals surface area contributed by atoms with Crippen LogP contribution in [0.2, 0.25) is 0 Å². The minimum absolute atomic E-state index is 0.0497. The van der Waals surface area contributed by atoms with Gasteiger partial charge in [-0.3, -0.25) is 4.90 Å². The number of carbonyl (C=O) groups is 2. The second-order valence-electron chi connectivity index (χ2n) is 8.61. The van der Waals surface area contributed by atoms with Crippen LogP contribution in [0.3, 0.4) is 0 Å². The fourth-order valence-corrected chi connectivity index (χ4v) is 4.36. The number of carboxylic acids is 1. The summed E-state index contributed by atoms with van der Waals surface area (Å²) in [5.41, 5.74) is 3.07. The highest BCUT2D eigenvalue weighted by Gasteiger charge is 2.25. The number of aryl methyl sites for hydroxylation is 1. The Balaban J connectivity index is 0.00000222. The SMILES string of the molecule is CC.CCCN1CC(CCCc2ccc(OC(C)C(=O)O)cc2)=CN(Cc2cc(F)cc(P)c2)C1=O. The van der Waals surface area contributed by atoms with Gasteiger partial charge in [-0.05, 0) is 84.9 Å². The van der Waals surface area contributed by atoms with Gasteiger partial charge in [0.15, 0.2) is 6.10 Å². The molecular weight excluding hydrogens is 478 g/mol. The summed E-state index contributed by atoms with van der Waals surface area (Å²) in [6.45, 7) is 9.17. The molecule has 2 aromatic rings. The van der Waals surface area contributed by atoms with Crippen LogP contribution in [0.4, 0.5) is 9.18 Å². The lowest BCUT2D eigenvalue weighted by atomic mass is 10.0. The molecule has 2 unspecified atom stereocenters. The van der Waals surface area contributed by atoms with Crippen LogP contribution in [0, 0.1) is 5.82 Å². The average molecular weight is 517 g/mol. The lowest BCUT2D eigenvalue weighted by Gasteiger charge is -2.34. The molecule has 0 aromatic heterocycles. The quantitative estimate of drug-likeness (QED) is 0.386. The van der Waals surface area contributed by atoms with Crippen LogP contribution in [0.25, 0.3) is 0 Å². The molecule has 0 fully saturated rings. The summed E-state index contributed by atoms with van der Waals surface area (Å²) in [7, 11) is 2.50. The summed E-state index contributed by atoms with van der Waals surface area (Å²) < 4.78 is 19.2. The molecular formula is C28H38FN2O4P. The van der Waals surface area contributed by atoms with Gasteiger partial charge in [0.25, 0.3) is 0 Å². The Labute approximate surface area is 216 Å². The molecule has 3 rings (SSSR count). The minimum Gasteiger partial charge on any atom is -0.479 e. The van der Waals surface area contributed by atoms with Gasteiger partial charge in [0.1, 0.15) is 11.6 Å². The zero-order valence-electron chi connectivity index (χ0n) is 21.7. The molecule has 1 aliphatic heterocycles. The van der Waals surface area contributed by atoms with E-state index in [4.69, 9.17) is 9.84 Å². The van der Waals surface area contributed by atoms with Gasteiger partial charge < -0.3 is 14.7 Å². The van der Waals surface area contributed by atoms with E-state index in [1.54, 1.807) is 17.0 Å². The summed E-state index contributed by atoms with van der Waals surface area (Å²) in [5.74, 6) is -0.778. The third kappa shape index (κ3) is 8.94. The number of amides is 2. The molecule has 0 saturated carbocycles. The normalized spacial score (nSPS) is 14.1. The number of benzene rings is 2. The predicted molar refractivity (Wildman–Crippen MR) is 145 cm³/mol. The number of ether oxygens (including phenoxy) is 1. The topological polar surface area (TPSA) is 70.1 Å². The summed E-state index contributed by atoms with van der Waals surface area (Å²) in [4.78, 5) is 27.4. The van der Waals surface area contributed by atoms with Crippen molar-refractivity contribution in [2.75, 3.05) is 13.1 Å². The number of carboxylic acid groups (broad SMARTS) is 1. The third-order valence-electron chi connectivity index (χ3n) is 5.62. The van der Waals surface area contributed by atoms with E-state index in [0.29, 0.717) is 25.4 Å². The highest BCUT2D eigenvalue weighted by molar-refractivity contribution is 7.27. The molecule has 36 heavy (non-hydrogen) atoms. The minimum atomic E-state index is -0.999.